The first-order valence-corrected chi connectivity index (χ1v) is 19.4. The van der Waals surface area contributed by atoms with Crippen molar-refractivity contribution >= 4 is 103 Å². The number of hydrogen-bond donors (Lipinski definition) is 0. The maximum atomic E-state index is 16.7. The van der Waals surface area contributed by atoms with Crippen molar-refractivity contribution in [2.75, 3.05) is 0 Å². The van der Waals surface area contributed by atoms with Crippen molar-refractivity contribution in [2.45, 2.75) is 12.3 Å². The monoisotopic (exact) mass is 700 g/mol. The maximum absolute atomic E-state index is 16.7. The third-order valence-corrected chi connectivity index (χ3v) is 14.0. The number of hydrogen-bond acceptors (Lipinski definition) is 0. The van der Waals surface area contributed by atoms with Gasteiger partial charge in [0.2, 0.25) is 0 Å². The highest BCUT2D eigenvalue weighted by Crippen LogP contribution is 2.64. The Morgan fingerprint density at radius 1 is 0.364 bits per heavy atom. The summed E-state index contributed by atoms with van der Waals surface area (Å²) in [6.07, 6.45) is 2.83. The molecule has 0 heterocycles. The second kappa shape index (κ2) is 9.00. The highest BCUT2D eigenvalue weighted by molar-refractivity contribution is 6.48. The minimum atomic E-state index is -0.248. The van der Waals surface area contributed by atoms with Crippen LogP contribution in [0.25, 0.3) is 136 Å². The molecule has 12 aromatic rings. The van der Waals surface area contributed by atoms with Crippen molar-refractivity contribution in [2.24, 2.45) is 5.92 Å². The molecule has 2 heteroatoms. The van der Waals surface area contributed by atoms with Gasteiger partial charge in [0.25, 0.3) is 0 Å². The minimum Gasteiger partial charge on any atom is -0.207 e. The van der Waals surface area contributed by atoms with Crippen LogP contribution < -0.4 is 0 Å². The Labute approximate surface area is 312 Å². The van der Waals surface area contributed by atoms with Crippen LogP contribution in [0.5, 0.6) is 0 Å². The highest BCUT2D eigenvalue weighted by Gasteiger charge is 2.46. The first-order chi connectivity index (χ1) is 27.2. The van der Waals surface area contributed by atoms with E-state index in [2.05, 4.69) is 91.0 Å². The van der Waals surface area contributed by atoms with Crippen molar-refractivity contribution in [3.63, 3.8) is 0 Å². The van der Waals surface area contributed by atoms with Gasteiger partial charge in [0.05, 0.1) is 0 Å². The van der Waals surface area contributed by atoms with Gasteiger partial charge < -0.3 is 0 Å². The Morgan fingerprint density at radius 2 is 0.891 bits per heavy atom. The molecule has 0 spiro atoms. The largest absolute Gasteiger partial charge is 0.207 e. The summed E-state index contributed by atoms with van der Waals surface area (Å²) in [4.78, 5) is 0. The van der Waals surface area contributed by atoms with Gasteiger partial charge in [0.1, 0.15) is 11.6 Å². The second-order valence-corrected chi connectivity index (χ2v) is 16.4. The van der Waals surface area contributed by atoms with Crippen molar-refractivity contribution < 1.29 is 8.78 Å². The average molecular weight is 701 g/mol. The molecular formula is C53H26F2. The van der Waals surface area contributed by atoms with Crippen LogP contribution in [0.2, 0.25) is 0 Å². The molecule has 2 unspecified atom stereocenters. The molecule has 3 aliphatic carbocycles. The van der Waals surface area contributed by atoms with E-state index < -0.39 is 0 Å². The van der Waals surface area contributed by atoms with Crippen molar-refractivity contribution in [1.29, 1.82) is 0 Å². The molecule has 12 aromatic carbocycles. The van der Waals surface area contributed by atoms with Gasteiger partial charge in [-0.1, -0.05) is 115 Å². The highest BCUT2D eigenvalue weighted by atomic mass is 19.1. The molecule has 0 saturated heterocycles. The van der Waals surface area contributed by atoms with E-state index in [9.17, 15) is 0 Å². The summed E-state index contributed by atoms with van der Waals surface area (Å²) in [5.74, 6) is 0.147. The molecule has 0 aromatic heterocycles. The normalized spacial score (nSPS) is 17.3. The molecule has 3 aliphatic rings. The SMILES string of the molecule is FC1=CC2CC2c2c1c1c3ccccc3c(-c3ccccc3F)c3cc4c5ccc6c7ccc8c9c(ccc(c%10ccc(c4c2c31)c5c6%10)c97)-c1ccccc1-8. The molecule has 1 saturated carbocycles. The molecule has 0 amide bonds. The van der Waals surface area contributed by atoms with Crippen molar-refractivity contribution in [1.82, 2.24) is 0 Å². The van der Waals surface area contributed by atoms with E-state index in [1.807, 2.05) is 30.3 Å². The number of allylic oxidation sites excluding steroid dienone is 1. The summed E-state index contributed by atoms with van der Waals surface area (Å²) in [6.45, 7) is 0. The molecule has 0 nitrogen and oxygen atoms in total. The predicted octanol–water partition coefficient (Wildman–Crippen LogP) is 15.3. The molecule has 252 valence electrons. The smallest absolute Gasteiger partial charge is 0.131 e. The van der Waals surface area contributed by atoms with Gasteiger partial charge in [-0.25, -0.2) is 8.78 Å². The summed E-state index contributed by atoms with van der Waals surface area (Å²) in [7, 11) is 0. The summed E-state index contributed by atoms with van der Waals surface area (Å²) in [6, 6.07) is 45.2. The Morgan fingerprint density at radius 3 is 1.60 bits per heavy atom. The Kier molecular flexibility index (Phi) is 4.56. The van der Waals surface area contributed by atoms with E-state index in [1.165, 1.54) is 86.9 Å². The molecule has 0 N–H and O–H groups in total. The molecular weight excluding hydrogens is 675 g/mol. The summed E-state index contributed by atoms with van der Waals surface area (Å²) in [5.41, 5.74) is 8.63. The number of benzene rings is 10. The van der Waals surface area contributed by atoms with E-state index >= 15 is 8.78 Å². The zero-order valence-corrected chi connectivity index (χ0v) is 29.3. The summed E-state index contributed by atoms with van der Waals surface area (Å²) in [5, 5.41) is 21.3. The first-order valence-electron chi connectivity index (χ1n) is 19.4. The topological polar surface area (TPSA) is 0 Å². The van der Waals surface area contributed by atoms with Crippen molar-refractivity contribution in [3.05, 3.63) is 150 Å². The van der Waals surface area contributed by atoms with Crippen LogP contribution in [-0.2, 0) is 0 Å². The third kappa shape index (κ3) is 3.00. The maximum Gasteiger partial charge on any atom is 0.131 e. The van der Waals surface area contributed by atoms with E-state index in [1.54, 1.807) is 12.1 Å². The fourth-order valence-electron chi connectivity index (χ4n) is 11.9. The summed E-state index contributed by atoms with van der Waals surface area (Å²) >= 11 is 0. The van der Waals surface area contributed by atoms with Gasteiger partial charge in [-0.05, 0) is 156 Å². The molecule has 55 heavy (non-hydrogen) atoms. The summed E-state index contributed by atoms with van der Waals surface area (Å²) < 4.78 is 32.7. The Balaban J connectivity index is 1.19. The van der Waals surface area contributed by atoms with Crippen LogP contribution in [0.3, 0.4) is 0 Å². The zero-order chi connectivity index (χ0) is 35.6. The molecule has 0 bridgehead atoms. The second-order valence-electron chi connectivity index (χ2n) is 16.4. The van der Waals surface area contributed by atoms with Crippen LogP contribution in [0, 0.1) is 11.7 Å². The Bertz CT molecular complexity index is 3750. The van der Waals surface area contributed by atoms with Gasteiger partial charge in [0.15, 0.2) is 0 Å². The molecule has 0 radical (unpaired) electrons. The van der Waals surface area contributed by atoms with E-state index in [0.717, 1.165) is 55.4 Å². The lowest BCUT2D eigenvalue weighted by Gasteiger charge is -2.16. The van der Waals surface area contributed by atoms with E-state index in [4.69, 9.17) is 0 Å². The van der Waals surface area contributed by atoms with E-state index in [-0.39, 0.29) is 23.5 Å². The Hall–Kier alpha value is -6.64. The van der Waals surface area contributed by atoms with Gasteiger partial charge in [-0.15, -0.1) is 0 Å². The number of rotatable bonds is 1. The van der Waals surface area contributed by atoms with Gasteiger partial charge >= 0.3 is 0 Å². The molecule has 0 aliphatic heterocycles. The van der Waals surface area contributed by atoms with Crippen molar-refractivity contribution in [3.8, 4) is 33.4 Å². The van der Waals surface area contributed by atoms with Crippen LogP contribution in [0.4, 0.5) is 8.78 Å². The fraction of sp³-hybridized carbons (Fsp3) is 0.0566. The van der Waals surface area contributed by atoms with Gasteiger partial charge in [-0.2, -0.15) is 0 Å². The lowest BCUT2D eigenvalue weighted by Crippen LogP contribution is -1.93. The van der Waals surface area contributed by atoms with Crippen LogP contribution in [0.15, 0.2) is 133 Å². The van der Waals surface area contributed by atoms with Gasteiger partial charge in [-0.3, -0.25) is 0 Å². The van der Waals surface area contributed by atoms with Crippen LogP contribution >= 0.6 is 0 Å². The quantitative estimate of drug-likeness (QED) is 0.118. The average Bonchev–Trinajstić information content (AvgIpc) is 3.63. The van der Waals surface area contributed by atoms with Gasteiger partial charge in [0, 0.05) is 22.1 Å². The predicted molar refractivity (Wildman–Crippen MR) is 227 cm³/mol. The number of halogens is 2. The lowest BCUT2D eigenvalue weighted by atomic mass is 9.87. The van der Waals surface area contributed by atoms with Crippen LogP contribution in [0.1, 0.15) is 23.5 Å². The molecule has 1 fully saturated rings. The standard InChI is InChI=1S/C53H26F2/c54-41-12-6-5-11-36(41)43-27-9-3-4-10-28(27)49-51-40(43)23-39-35-18-17-33-31-15-13-29-25-7-1-2-8-26(25)30-14-16-32(45(31)44(29)30)34-19-20-37(47(35)46(33)34)48(39)53(51)50-38-21-24(38)22-42(55)52(49)50/h1-20,22-24,38H,21H2. The van der Waals surface area contributed by atoms with E-state index in [0.29, 0.717) is 5.56 Å². The number of fused-ring (bicyclic) bond motifs is 16. The minimum absolute atomic E-state index is 0.112. The third-order valence-electron chi connectivity index (χ3n) is 14.0. The fourth-order valence-corrected chi connectivity index (χ4v) is 11.9. The lowest BCUT2D eigenvalue weighted by molar-refractivity contribution is 0.631. The molecule has 15 rings (SSSR count). The first kappa shape index (κ1) is 27.9. The molecule has 2 atom stereocenters. The van der Waals surface area contributed by atoms with Crippen LogP contribution in [-0.4, -0.2) is 0 Å². The zero-order valence-electron chi connectivity index (χ0n) is 29.3.